The minimum absolute atomic E-state index is 0.210. The van der Waals surface area contributed by atoms with Crippen LogP contribution in [0.25, 0.3) is 0 Å². The molecule has 0 fully saturated rings. The van der Waals surface area contributed by atoms with E-state index in [4.69, 9.17) is 0 Å². The van der Waals surface area contributed by atoms with Crippen LogP contribution in [-0.4, -0.2) is 6.04 Å². The Morgan fingerprint density at radius 1 is 1.41 bits per heavy atom. The average molecular weight is 243 g/mol. The Balaban J connectivity index is 2.63. The van der Waals surface area contributed by atoms with Gasteiger partial charge in [0.2, 0.25) is 0 Å². The lowest BCUT2D eigenvalue weighted by Gasteiger charge is -2.13. The van der Waals surface area contributed by atoms with Crippen LogP contribution in [0.4, 0.5) is 13.2 Å². The summed E-state index contributed by atoms with van der Waals surface area (Å²) in [6, 6.07) is 5.58. The first-order chi connectivity index (χ1) is 7.93. The van der Waals surface area contributed by atoms with Crippen molar-refractivity contribution in [1.82, 2.24) is 5.32 Å². The van der Waals surface area contributed by atoms with Crippen molar-refractivity contribution in [3.8, 4) is 0 Å². The van der Waals surface area contributed by atoms with Gasteiger partial charge < -0.3 is 5.32 Å². The molecule has 0 aromatic heterocycles. The first kappa shape index (κ1) is 13.8. The monoisotopic (exact) mass is 243 g/mol. The van der Waals surface area contributed by atoms with Crippen molar-refractivity contribution in [2.45, 2.75) is 32.1 Å². The van der Waals surface area contributed by atoms with Crippen molar-refractivity contribution in [2.75, 3.05) is 0 Å². The van der Waals surface area contributed by atoms with Crippen LogP contribution in [0.5, 0.6) is 0 Å². The van der Waals surface area contributed by atoms with E-state index in [1.807, 2.05) is 6.92 Å². The van der Waals surface area contributed by atoms with Crippen LogP contribution in [0.2, 0.25) is 0 Å². The summed E-state index contributed by atoms with van der Waals surface area (Å²) in [5.74, 6) is 0. The van der Waals surface area contributed by atoms with Crippen molar-refractivity contribution in [3.05, 3.63) is 48.0 Å². The van der Waals surface area contributed by atoms with Gasteiger partial charge in [-0.25, -0.2) is 0 Å². The van der Waals surface area contributed by atoms with E-state index >= 15 is 0 Å². The molecule has 0 bridgehead atoms. The molecule has 1 aromatic rings. The minimum Gasteiger partial charge on any atom is -0.310 e. The smallest absolute Gasteiger partial charge is 0.310 e. The van der Waals surface area contributed by atoms with E-state index < -0.39 is 11.7 Å². The molecule has 0 heterocycles. The van der Waals surface area contributed by atoms with Gasteiger partial charge in [-0.2, -0.15) is 13.2 Å². The van der Waals surface area contributed by atoms with Crippen LogP contribution in [0.1, 0.15) is 24.5 Å². The van der Waals surface area contributed by atoms with Gasteiger partial charge in [0.05, 0.1) is 5.56 Å². The number of hydrogen-bond acceptors (Lipinski definition) is 1. The van der Waals surface area contributed by atoms with Gasteiger partial charge in [-0.15, -0.1) is 6.58 Å². The molecule has 0 aliphatic rings. The van der Waals surface area contributed by atoms with Gasteiger partial charge in [-0.05, 0) is 25.0 Å². The van der Waals surface area contributed by atoms with Crippen LogP contribution in [-0.2, 0) is 12.7 Å². The highest BCUT2D eigenvalue weighted by molar-refractivity contribution is 5.25. The minimum atomic E-state index is -4.28. The highest BCUT2D eigenvalue weighted by atomic mass is 19.4. The second kappa shape index (κ2) is 5.87. The Morgan fingerprint density at radius 2 is 2.12 bits per heavy atom. The lowest BCUT2D eigenvalue weighted by atomic mass is 10.1. The average Bonchev–Trinajstić information content (AvgIpc) is 2.26. The molecule has 0 saturated carbocycles. The molecule has 94 valence electrons. The molecule has 1 unspecified atom stereocenters. The summed E-state index contributed by atoms with van der Waals surface area (Å²) in [6.45, 7) is 6.01. The second-order valence-corrected chi connectivity index (χ2v) is 4.00. The van der Waals surface area contributed by atoms with E-state index in [1.165, 1.54) is 12.1 Å². The fourth-order valence-electron chi connectivity index (χ4n) is 1.48. The number of benzene rings is 1. The summed E-state index contributed by atoms with van der Waals surface area (Å²) < 4.78 is 37.4. The van der Waals surface area contributed by atoms with Gasteiger partial charge >= 0.3 is 6.18 Å². The van der Waals surface area contributed by atoms with Crippen molar-refractivity contribution in [2.24, 2.45) is 0 Å². The number of alkyl halides is 3. The number of halogens is 3. The molecule has 0 spiro atoms. The Morgan fingerprint density at radius 3 is 2.71 bits per heavy atom. The molecule has 0 amide bonds. The zero-order chi connectivity index (χ0) is 12.9. The summed E-state index contributed by atoms with van der Waals surface area (Å²) >= 11 is 0. The molecule has 0 aliphatic heterocycles. The van der Waals surface area contributed by atoms with Gasteiger partial charge in [0, 0.05) is 12.6 Å². The molecule has 1 rings (SSSR count). The summed E-state index contributed by atoms with van der Waals surface area (Å²) in [5, 5.41) is 3.14. The molecule has 1 atom stereocenters. The lowest BCUT2D eigenvalue weighted by molar-refractivity contribution is -0.137. The zero-order valence-electron chi connectivity index (χ0n) is 9.72. The van der Waals surface area contributed by atoms with Crippen molar-refractivity contribution in [3.63, 3.8) is 0 Å². The largest absolute Gasteiger partial charge is 0.416 e. The van der Waals surface area contributed by atoms with E-state index in [1.54, 1.807) is 12.1 Å². The topological polar surface area (TPSA) is 12.0 Å². The molecule has 1 N–H and O–H groups in total. The standard InChI is InChI=1S/C13H16F3N/c1-3-5-10(2)17-9-11-6-4-7-12(8-11)13(14,15)16/h3-4,6-8,10,17H,1,5,9H2,2H3. The maximum atomic E-state index is 12.5. The van der Waals surface area contributed by atoms with Crippen molar-refractivity contribution >= 4 is 0 Å². The predicted molar refractivity (Wildman–Crippen MR) is 62.6 cm³/mol. The summed E-state index contributed by atoms with van der Waals surface area (Å²) in [7, 11) is 0. The Bertz CT molecular complexity index is 371. The van der Waals surface area contributed by atoms with Gasteiger partial charge in [0.1, 0.15) is 0 Å². The van der Waals surface area contributed by atoms with Crippen LogP contribution in [0, 0.1) is 0 Å². The third-order valence-corrected chi connectivity index (χ3v) is 2.43. The Kier molecular flexibility index (Phi) is 4.75. The third kappa shape index (κ3) is 4.61. The van der Waals surface area contributed by atoms with E-state index in [0.717, 1.165) is 12.5 Å². The van der Waals surface area contributed by atoms with Crippen molar-refractivity contribution in [1.29, 1.82) is 0 Å². The molecule has 17 heavy (non-hydrogen) atoms. The quantitative estimate of drug-likeness (QED) is 0.776. The molecule has 0 aliphatic carbocycles. The van der Waals surface area contributed by atoms with Crippen LogP contribution < -0.4 is 5.32 Å². The van der Waals surface area contributed by atoms with Gasteiger partial charge in [0.25, 0.3) is 0 Å². The maximum Gasteiger partial charge on any atom is 0.416 e. The van der Waals surface area contributed by atoms with Gasteiger partial charge in [0.15, 0.2) is 0 Å². The Hall–Kier alpha value is -1.29. The van der Waals surface area contributed by atoms with E-state index in [9.17, 15) is 13.2 Å². The lowest BCUT2D eigenvalue weighted by Crippen LogP contribution is -2.24. The number of nitrogens with one attached hydrogen (secondary N) is 1. The first-order valence-electron chi connectivity index (χ1n) is 5.44. The molecule has 0 saturated heterocycles. The highest BCUT2D eigenvalue weighted by Gasteiger charge is 2.30. The van der Waals surface area contributed by atoms with Gasteiger partial charge in [-0.1, -0.05) is 24.3 Å². The van der Waals surface area contributed by atoms with Gasteiger partial charge in [-0.3, -0.25) is 0 Å². The number of rotatable bonds is 5. The zero-order valence-corrected chi connectivity index (χ0v) is 9.72. The highest BCUT2D eigenvalue weighted by Crippen LogP contribution is 2.29. The normalized spacial score (nSPS) is 13.4. The number of hydrogen-bond donors (Lipinski definition) is 1. The molecule has 1 aromatic carbocycles. The fraction of sp³-hybridized carbons (Fsp3) is 0.385. The molecule has 4 heteroatoms. The molecular formula is C13H16F3N. The van der Waals surface area contributed by atoms with Crippen LogP contribution >= 0.6 is 0 Å². The Labute approximate surface area is 99.3 Å². The first-order valence-corrected chi connectivity index (χ1v) is 5.44. The van der Waals surface area contributed by atoms with Crippen LogP contribution in [0.15, 0.2) is 36.9 Å². The van der Waals surface area contributed by atoms with E-state index in [0.29, 0.717) is 12.1 Å². The maximum absolute atomic E-state index is 12.5. The predicted octanol–water partition coefficient (Wildman–Crippen LogP) is 3.76. The van der Waals surface area contributed by atoms with Crippen molar-refractivity contribution < 1.29 is 13.2 Å². The summed E-state index contributed by atoms with van der Waals surface area (Å²) in [4.78, 5) is 0. The third-order valence-electron chi connectivity index (χ3n) is 2.43. The summed E-state index contributed by atoms with van der Waals surface area (Å²) in [6.07, 6.45) is -1.70. The second-order valence-electron chi connectivity index (χ2n) is 4.00. The molecule has 0 radical (unpaired) electrons. The molecular weight excluding hydrogens is 227 g/mol. The SMILES string of the molecule is C=CCC(C)NCc1cccc(C(F)(F)F)c1. The van der Waals surface area contributed by atoms with Crippen LogP contribution in [0.3, 0.4) is 0 Å². The molecule has 1 nitrogen and oxygen atoms in total. The summed E-state index contributed by atoms with van der Waals surface area (Å²) in [5.41, 5.74) is 0.0314. The van der Waals surface area contributed by atoms with E-state index in [-0.39, 0.29) is 6.04 Å². The van der Waals surface area contributed by atoms with E-state index in [2.05, 4.69) is 11.9 Å². The fourth-order valence-corrected chi connectivity index (χ4v) is 1.48.